The number of hydrogen-bond donors (Lipinski definition) is 2. The minimum atomic E-state index is -0.0324. The molecule has 1 heterocycles. The minimum Gasteiger partial charge on any atom is -0.508 e. The molecule has 0 bridgehead atoms. The molecule has 32 heavy (non-hydrogen) atoms. The Kier molecular flexibility index (Phi) is 7.07. The second kappa shape index (κ2) is 10.3. The Morgan fingerprint density at radius 2 is 1.78 bits per heavy atom. The summed E-state index contributed by atoms with van der Waals surface area (Å²) in [5, 5.41) is 12.7. The highest BCUT2D eigenvalue weighted by Gasteiger charge is 2.23. The van der Waals surface area contributed by atoms with Crippen LogP contribution in [0.25, 0.3) is 11.1 Å². The van der Waals surface area contributed by atoms with Gasteiger partial charge in [0.25, 0.3) is 5.91 Å². The van der Waals surface area contributed by atoms with Crippen molar-refractivity contribution in [2.75, 3.05) is 26.7 Å². The summed E-state index contributed by atoms with van der Waals surface area (Å²) in [5.41, 5.74) is 3.99. The summed E-state index contributed by atoms with van der Waals surface area (Å²) in [6.07, 6.45) is 2.78. The maximum absolute atomic E-state index is 12.4. The van der Waals surface area contributed by atoms with E-state index < -0.39 is 0 Å². The molecule has 0 radical (unpaired) electrons. The number of likely N-dealkylation sites (N-methyl/N-ethyl adjacent to an activating group) is 1. The van der Waals surface area contributed by atoms with E-state index in [0.29, 0.717) is 24.8 Å². The number of hydrogen-bond acceptors (Lipinski definition) is 4. The van der Waals surface area contributed by atoms with E-state index in [1.54, 1.807) is 12.1 Å². The fraction of sp³-hybridized carbons (Fsp3) is 0.296. The summed E-state index contributed by atoms with van der Waals surface area (Å²) in [4.78, 5) is 14.7. The smallest absolute Gasteiger partial charge is 0.251 e. The molecule has 0 saturated carbocycles. The molecule has 1 aliphatic heterocycles. The van der Waals surface area contributed by atoms with Gasteiger partial charge in [-0.2, -0.15) is 0 Å². The normalized spacial score (nSPS) is 15.1. The largest absolute Gasteiger partial charge is 0.508 e. The van der Waals surface area contributed by atoms with Crippen molar-refractivity contribution in [2.45, 2.75) is 25.3 Å². The Morgan fingerprint density at radius 3 is 2.56 bits per heavy atom. The summed E-state index contributed by atoms with van der Waals surface area (Å²) in [6, 6.07) is 23.5. The fourth-order valence-corrected chi connectivity index (χ4v) is 4.07. The SMILES string of the molecule is CN(CCCCNC(=O)c1ccc(-c2ccccc2)cc1)[C@H]1COc2ccc(O)cc2C1. The lowest BCUT2D eigenvalue weighted by molar-refractivity contribution is 0.0952. The average molecular weight is 431 g/mol. The minimum absolute atomic E-state index is 0.0324. The molecule has 0 fully saturated rings. The van der Waals surface area contributed by atoms with Gasteiger partial charge in [-0.3, -0.25) is 9.69 Å². The highest BCUT2D eigenvalue weighted by Crippen LogP contribution is 2.29. The third-order valence-corrected chi connectivity index (χ3v) is 6.03. The molecule has 1 amide bonds. The number of phenols is 1. The molecule has 3 aromatic rings. The van der Waals surface area contributed by atoms with Gasteiger partial charge in [0, 0.05) is 18.2 Å². The van der Waals surface area contributed by atoms with Crippen molar-refractivity contribution >= 4 is 5.91 Å². The number of benzene rings is 3. The van der Waals surface area contributed by atoms with E-state index in [2.05, 4.69) is 29.4 Å². The number of fused-ring (bicyclic) bond motifs is 1. The standard InChI is InChI=1S/C27H30N2O3/c1-29(24-17-23-18-25(30)13-14-26(23)32-19-24)16-6-5-15-28-27(31)22-11-9-21(10-12-22)20-7-3-2-4-8-20/h2-4,7-14,18,24,30H,5-6,15-17,19H2,1H3,(H,28,31)/t24-/m1/s1. The van der Waals surface area contributed by atoms with Crippen LogP contribution in [-0.2, 0) is 6.42 Å². The van der Waals surface area contributed by atoms with Gasteiger partial charge in [-0.1, -0.05) is 42.5 Å². The molecule has 0 spiro atoms. The zero-order chi connectivity index (χ0) is 22.3. The van der Waals surface area contributed by atoms with Crippen LogP contribution in [0.1, 0.15) is 28.8 Å². The van der Waals surface area contributed by atoms with E-state index in [4.69, 9.17) is 4.74 Å². The zero-order valence-electron chi connectivity index (χ0n) is 18.5. The summed E-state index contributed by atoms with van der Waals surface area (Å²) < 4.78 is 5.85. The van der Waals surface area contributed by atoms with E-state index in [0.717, 1.165) is 48.2 Å². The van der Waals surface area contributed by atoms with E-state index >= 15 is 0 Å². The van der Waals surface area contributed by atoms with Gasteiger partial charge in [-0.15, -0.1) is 0 Å². The number of carbonyl (C=O) groups excluding carboxylic acids is 1. The van der Waals surface area contributed by atoms with Gasteiger partial charge in [0.05, 0.1) is 0 Å². The van der Waals surface area contributed by atoms with Crippen LogP contribution in [0.2, 0.25) is 0 Å². The number of aromatic hydroxyl groups is 1. The third kappa shape index (κ3) is 5.48. The molecule has 0 unspecified atom stereocenters. The Morgan fingerprint density at radius 1 is 1.03 bits per heavy atom. The van der Waals surface area contributed by atoms with Crippen LogP contribution in [0.3, 0.4) is 0 Å². The van der Waals surface area contributed by atoms with E-state index in [-0.39, 0.29) is 11.7 Å². The fourth-order valence-electron chi connectivity index (χ4n) is 4.07. The highest BCUT2D eigenvalue weighted by molar-refractivity contribution is 5.94. The van der Waals surface area contributed by atoms with Gasteiger partial charge in [0.1, 0.15) is 18.1 Å². The van der Waals surface area contributed by atoms with Gasteiger partial charge in [-0.25, -0.2) is 0 Å². The Hall–Kier alpha value is -3.31. The number of nitrogens with zero attached hydrogens (tertiary/aromatic N) is 1. The van der Waals surface area contributed by atoms with Crippen molar-refractivity contribution in [2.24, 2.45) is 0 Å². The summed E-state index contributed by atoms with van der Waals surface area (Å²) in [6.45, 7) is 2.25. The quantitative estimate of drug-likeness (QED) is 0.517. The maximum atomic E-state index is 12.4. The first-order valence-electron chi connectivity index (χ1n) is 11.2. The lowest BCUT2D eigenvalue weighted by Crippen LogP contribution is -2.41. The number of phenolic OH excluding ortho intramolecular Hbond substituents is 1. The molecule has 0 aromatic heterocycles. The van der Waals surface area contributed by atoms with Crippen LogP contribution in [0.15, 0.2) is 72.8 Å². The summed E-state index contributed by atoms with van der Waals surface area (Å²) in [7, 11) is 2.11. The lowest BCUT2D eigenvalue weighted by atomic mass is 10.0. The lowest BCUT2D eigenvalue weighted by Gasteiger charge is -2.32. The number of amides is 1. The molecule has 1 atom stereocenters. The molecule has 0 aliphatic carbocycles. The molecule has 4 rings (SSSR count). The maximum Gasteiger partial charge on any atom is 0.251 e. The van der Waals surface area contributed by atoms with Crippen LogP contribution in [0.5, 0.6) is 11.5 Å². The monoisotopic (exact) mass is 430 g/mol. The first-order valence-corrected chi connectivity index (χ1v) is 11.2. The van der Waals surface area contributed by atoms with Crippen LogP contribution in [-0.4, -0.2) is 48.7 Å². The van der Waals surface area contributed by atoms with Crippen molar-refractivity contribution < 1.29 is 14.6 Å². The predicted molar refractivity (Wildman–Crippen MR) is 127 cm³/mol. The number of unbranched alkanes of at least 4 members (excludes halogenated alkanes) is 1. The van der Waals surface area contributed by atoms with Crippen molar-refractivity contribution in [3.63, 3.8) is 0 Å². The molecule has 0 saturated heterocycles. The van der Waals surface area contributed by atoms with Crippen molar-refractivity contribution in [3.8, 4) is 22.6 Å². The first kappa shape index (κ1) is 21.9. The Labute approximate surface area is 189 Å². The van der Waals surface area contributed by atoms with Crippen LogP contribution in [0.4, 0.5) is 0 Å². The van der Waals surface area contributed by atoms with E-state index in [1.807, 2.05) is 48.5 Å². The molecular formula is C27H30N2O3. The summed E-state index contributed by atoms with van der Waals surface area (Å²) >= 11 is 0. The second-order valence-corrected chi connectivity index (χ2v) is 8.35. The number of rotatable bonds is 8. The number of nitrogens with one attached hydrogen (secondary N) is 1. The second-order valence-electron chi connectivity index (χ2n) is 8.35. The van der Waals surface area contributed by atoms with Crippen LogP contribution < -0.4 is 10.1 Å². The zero-order valence-corrected chi connectivity index (χ0v) is 18.5. The summed E-state index contributed by atoms with van der Waals surface area (Å²) in [5.74, 6) is 1.11. The van der Waals surface area contributed by atoms with Gasteiger partial charge in [0.2, 0.25) is 0 Å². The van der Waals surface area contributed by atoms with Gasteiger partial charge >= 0.3 is 0 Å². The third-order valence-electron chi connectivity index (χ3n) is 6.03. The number of carbonyl (C=O) groups is 1. The molecule has 3 aromatic carbocycles. The average Bonchev–Trinajstić information content (AvgIpc) is 2.83. The Bertz CT molecular complexity index is 1030. The molecule has 2 N–H and O–H groups in total. The predicted octanol–water partition coefficient (Wildman–Crippen LogP) is 4.50. The molecular weight excluding hydrogens is 400 g/mol. The van der Waals surface area contributed by atoms with E-state index in [1.165, 1.54) is 0 Å². The van der Waals surface area contributed by atoms with Crippen LogP contribution in [0, 0.1) is 0 Å². The molecule has 5 heteroatoms. The van der Waals surface area contributed by atoms with Gasteiger partial charge < -0.3 is 15.2 Å². The topological polar surface area (TPSA) is 61.8 Å². The molecule has 1 aliphatic rings. The van der Waals surface area contributed by atoms with Crippen molar-refractivity contribution in [1.29, 1.82) is 0 Å². The van der Waals surface area contributed by atoms with Crippen molar-refractivity contribution in [1.82, 2.24) is 10.2 Å². The Balaban J connectivity index is 1.17. The molecule has 5 nitrogen and oxygen atoms in total. The van der Waals surface area contributed by atoms with Gasteiger partial charge in [0.15, 0.2) is 0 Å². The highest BCUT2D eigenvalue weighted by atomic mass is 16.5. The van der Waals surface area contributed by atoms with Crippen molar-refractivity contribution in [3.05, 3.63) is 83.9 Å². The van der Waals surface area contributed by atoms with Gasteiger partial charge in [-0.05, 0) is 79.9 Å². The first-order chi connectivity index (χ1) is 15.6. The van der Waals surface area contributed by atoms with Crippen LogP contribution >= 0.6 is 0 Å². The van der Waals surface area contributed by atoms with E-state index in [9.17, 15) is 9.90 Å². The number of ether oxygens (including phenoxy) is 1. The molecule has 166 valence electrons.